The summed E-state index contributed by atoms with van der Waals surface area (Å²) < 4.78 is 0. The van der Waals surface area contributed by atoms with Crippen molar-refractivity contribution in [1.82, 2.24) is 15.5 Å². The van der Waals surface area contributed by atoms with Gasteiger partial charge in [0.1, 0.15) is 18.3 Å². The maximum Gasteiger partial charge on any atom is 0.119 e. The van der Waals surface area contributed by atoms with E-state index in [-0.39, 0.29) is 12.1 Å². The third-order valence-corrected chi connectivity index (χ3v) is 3.81. The summed E-state index contributed by atoms with van der Waals surface area (Å²) in [5.41, 5.74) is 2.88. The van der Waals surface area contributed by atoms with Crippen molar-refractivity contribution in [2.75, 3.05) is 0 Å². The standard InChI is InChI=1S/C17H18N4O/c1-11-5-6-14-13(10-11)16(21-20-14)15(7-9-22)19-17-12(2)4-3-8-18-17/h3-6,8,10,12,15,17,19,22H,1-2H3,(H,20,21). The van der Waals surface area contributed by atoms with Gasteiger partial charge >= 0.3 is 0 Å². The number of rotatable bonds is 3. The number of fused-ring (bicyclic) bond motifs is 1. The number of aromatic nitrogens is 2. The quantitative estimate of drug-likeness (QED) is 0.761. The van der Waals surface area contributed by atoms with E-state index in [1.165, 1.54) is 0 Å². The van der Waals surface area contributed by atoms with Crippen LogP contribution in [0.25, 0.3) is 10.9 Å². The Kier molecular flexibility index (Phi) is 3.94. The van der Waals surface area contributed by atoms with Crippen molar-refractivity contribution in [1.29, 1.82) is 0 Å². The van der Waals surface area contributed by atoms with E-state index < -0.39 is 6.04 Å². The summed E-state index contributed by atoms with van der Waals surface area (Å²) in [5, 5.41) is 20.8. The van der Waals surface area contributed by atoms with E-state index in [9.17, 15) is 0 Å². The minimum Gasteiger partial charge on any atom is -0.462 e. The molecule has 22 heavy (non-hydrogen) atoms. The Balaban J connectivity index is 1.95. The van der Waals surface area contributed by atoms with Gasteiger partial charge in [0.05, 0.1) is 11.2 Å². The summed E-state index contributed by atoms with van der Waals surface area (Å²) in [6.45, 7) is 4.12. The van der Waals surface area contributed by atoms with Gasteiger partial charge in [0, 0.05) is 17.5 Å². The van der Waals surface area contributed by atoms with Gasteiger partial charge in [0.15, 0.2) is 0 Å². The minimum atomic E-state index is -0.392. The number of aliphatic imine (C=N–C) groups is 1. The molecule has 3 N–H and O–H groups in total. The van der Waals surface area contributed by atoms with Gasteiger partial charge in [-0.15, -0.1) is 0 Å². The monoisotopic (exact) mass is 294 g/mol. The van der Waals surface area contributed by atoms with Gasteiger partial charge < -0.3 is 5.11 Å². The predicted octanol–water partition coefficient (Wildman–Crippen LogP) is 2.44. The van der Waals surface area contributed by atoms with Crippen molar-refractivity contribution in [3.05, 3.63) is 41.6 Å². The molecule has 2 heterocycles. The van der Waals surface area contributed by atoms with E-state index in [0.717, 1.165) is 22.2 Å². The number of nitrogens with zero attached hydrogens (tertiary/aromatic N) is 2. The van der Waals surface area contributed by atoms with Gasteiger partial charge in [0.2, 0.25) is 0 Å². The van der Waals surface area contributed by atoms with Gasteiger partial charge in [-0.25, -0.2) is 0 Å². The number of hydrogen-bond acceptors (Lipinski definition) is 4. The van der Waals surface area contributed by atoms with Gasteiger partial charge in [-0.2, -0.15) is 5.10 Å². The normalized spacial score (nSPS) is 21.5. The number of aromatic amines is 1. The number of aliphatic hydroxyl groups is 1. The lowest BCUT2D eigenvalue weighted by atomic mass is 10.0. The van der Waals surface area contributed by atoms with Crippen LogP contribution in [0.15, 0.2) is 35.3 Å². The molecule has 0 saturated carbocycles. The maximum atomic E-state index is 9.07. The van der Waals surface area contributed by atoms with E-state index in [1.54, 1.807) is 6.21 Å². The molecule has 3 unspecified atom stereocenters. The molecule has 3 rings (SSSR count). The molecule has 5 nitrogen and oxygen atoms in total. The largest absolute Gasteiger partial charge is 0.462 e. The lowest BCUT2D eigenvalue weighted by molar-refractivity contribution is 0.416. The highest BCUT2D eigenvalue weighted by Crippen LogP contribution is 2.24. The number of allylic oxidation sites excluding steroid dienone is 1. The van der Waals surface area contributed by atoms with Crippen molar-refractivity contribution in [2.24, 2.45) is 10.9 Å². The fourth-order valence-corrected chi connectivity index (χ4v) is 2.60. The van der Waals surface area contributed by atoms with Crippen molar-refractivity contribution in [3.63, 3.8) is 0 Å². The average molecular weight is 294 g/mol. The highest BCUT2D eigenvalue weighted by atomic mass is 16.2. The summed E-state index contributed by atoms with van der Waals surface area (Å²) in [6.07, 6.45) is 7.70. The van der Waals surface area contributed by atoms with E-state index in [2.05, 4.69) is 45.5 Å². The molecule has 1 aromatic carbocycles. The highest BCUT2D eigenvalue weighted by molar-refractivity contribution is 5.82. The minimum absolute atomic E-state index is 0.0904. The van der Waals surface area contributed by atoms with Crippen LogP contribution in [0.4, 0.5) is 0 Å². The molecule has 0 aliphatic carbocycles. The Morgan fingerprint density at radius 1 is 1.41 bits per heavy atom. The zero-order valence-corrected chi connectivity index (χ0v) is 12.5. The molecule has 3 atom stereocenters. The summed E-state index contributed by atoms with van der Waals surface area (Å²) in [6, 6.07) is 5.70. The third kappa shape index (κ3) is 2.74. The lowest BCUT2D eigenvalue weighted by Crippen LogP contribution is -2.36. The van der Waals surface area contributed by atoms with Gasteiger partial charge in [-0.05, 0) is 31.1 Å². The van der Waals surface area contributed by atoms with E-state index in [4.69, 9.17) is 5.11 Å². The molecule has 2 aromatic rings. The van der Waals surface area contributed by atoms with Gasteiger partial charge in [0.25, 0.3) is 0 Å². The SMILES string of the molecule is Cc1ccc2[nH]nc(C(C#CO)NC3N=CC=CC3C)c2c1. The molecular formula is C17H18N4O. The second kappa shape index (κ2) is 6.04. The zero-order chi connectivity index (χ0) is 15.5. The molecular weight excluding hydrogens is 276 g/mol. The van der Waals surface area contributed by atoms with E-state index in [1.807, 2.05) is 31.2 Å². The van der Waals surface area contributed by atoms with Crippen LogP contribution in [-0.2, 0) is 0 Å². The summed E-state index contributed by atoms with van der Waals surface area (Å²) in [5.74, 6) is 3.03. The Hall–Kier alpha value is -2.58. The molecule has 0 saturated heterocycles. The molecule has 0 amide bonds. The van der Waals surface area contributed by atoms with Crippen LogP contribution >= 0.6 is 0 Å². The smallest absolute Gasteiger partial charge is 0.119 e. The molecule has 0 spiro atoms. The first-order valence-corrected chi connectivity index (χ1v) is 7.24. The fourth-order valence-electron chi connectivity index (χ4n) is 2.60. The zero-order valence-electron chi connectivity index (χ0n) is 12.5. The second-order valence-corrected chi connectivity index (χ2v) is 5.50. The predicted molar refractivity (Wildman–Crippen MR) is 87.0 cm³/mol. The maximum absolute atomic E-state index is 9.07. The average Bonchev–Trinajstić information content (AvgIpc) is 2.92. The lowest BCUT2D eigenvalue weighted by Gasteiger charge is -2.23. The highest BCUT2D eigenvalue weighted by Gasteiger charge is 2.23. The van der Waals surface area contributed by atoms with E-state index >= 15 is 0 Å². The molecule has 1 aliphatic heterocycles. The first-order chi connectivity index (χ1) is 10.7. The van der Waals surface area contributed by atoms with Crippen LogP contribution in [0.3, 0.4) is 0 Å². The van der Waals surface area contributed by atoms with Crippen molar-refractivity contribution in [3.8, 4) is 12.0 Å². The summed E-state index contributed by atoms with van der Waals surface area (Å²) in [7, 11) is 0. The molecule has 0 fully saturated rings. The number of aryl methyl sites for hydroxylation is 1. The molecule has 1 aromatic heterocycles. The fraction of sp³-hybridized carbons (Fsp3) is 0.294. The number of nitrogens with one attached hydrogen (secondary N) is 2. The number of dihydropyridines is 1. The van der Waals surface area contributed by atoms with Crippen LogP contribution < -0.4 is 5.32 Å². The van der Waals surface area contributed by atoms with Crippen LogP contribution in [0.2, 0.25) is 0 Å². The Morgan fingerprint density at radius 3 is 3.05 bits per heavy atom. The number of aliphatic hydroxyl groups excluding tert-OH is 1. The van der Waals surface area contributed by atoms with Crippen LogP contribution in [0.1, 0.15) is 24.2 Å². The Bertz CT molecular complexity index is 794. The van der Waals surface area contributed by atoms with Gasteiger partial charge in [-0.3, -0.25) is 15.4 Å². The number of benzene rings is 1. The van der Waals surface area contributed by atoms with Crippen LogP contribution in [-0.4, -0.2) is 27.7 Å². The first kappa shape index (κ1) is 14.4. The molecule has 0 radical (unpaired) electrons. The number of H-pyrrole nitrogens is 1. The second-order valence-electron chi connectivity index (χ2n) is 5.50. The van der Waals surface area contributed by atoms with Crippen LogP contribution in [0, 0.1) is 24.9 Å². The van der Waals surface area contributed by atoms with Gasteiger partial charge in [-0.1, -0.05) is 24.6 Å². The van der Waals surface area contributed by atoms with Crippen molar-refractivity contribution in [2.45, 2.75) is 26.1 Å². The van der Waals surface area contributed by atoms with Crippen molar-refractivity contribution < 1.29 is 5.11 Å². The summed E-state index contributed by atoms with van der Waals surface area (Å²) in [4.78, 5) is 4.43. The van der Waals surface area contributed by atoms with E-state index in [0.29, 0.717) is 0 Å². The Labute approximate surface area is 129 Å². The molecule has 5 heteroatoms. The molecule has 0 bridgehead atoms. The van der Waals surface area contributed by atoms with Crippen molar-refractivity contribution >= 4 is 17.1 Å². The number of hydrogen-bond donors (Lipinski definition) is 3. The first-order valence-electron chi connectivity index (χ1n) is 7.24. The molecule has 1 aliphatic rings. The Morgan fingerprint density at radius 2 is 2.27 bits per heavy atom. The topological polar surface area (TPSA) is 73.3 Å². The third-order valence-electron chi connectivity index (χ3n) is 3.81. The summed E-state index contributed by atoms with van der Waals surface area (Å²) >= 11 is 0. The molecule has 112 valence electrons. The van der Waals surface area contributed by atoms with Crippen LogP contribution in [0.5, 0.6) is 0 Å².